The molecule has 2 aromatic carbocycles. The van der Waals surface area contributed by atoms with Crippen LogP contribution in [0, 0.1) is 0 Å². The van der Waals surface area contributed by atoms with Crippen molar-refractivity contribution in [1.82, 2.24) is 30.9 Å². The molecular formula is C24H29N7O5S. The maximum Gasteiger partial charge on any atom is 0.323 e. The van der Waals surface area contributed by atoms with Crippen LogP contribution in [0.25, 0.3) is 10.9 Å². The summed E-state index contributed by atoms with van der Waals surface area (Å²) in [6, 6.07) is 11.0. The highest BCUT2D eigenvalue weighted by Gasteiger charge is 2.26. The summed E-state index contributed by atoms with van der Waals surface area (Å²) < 4.78 is 27.2. The predicted octanol–water partition coefficient (Wildman–Crippen LogP) is 0.594. The Kier molecular flexibility index (Phi) is 8.61. The molecule has 13 heteroatoms. The Morgan fingerprint density at radius 2 is 1.95 bits per heavy atom. The minimum absolute atomic E-state index is 0.0701. The number of benzene rings is 2. The fourth-order valence-corrected chi connectivity index (χ4v) is 5.15. The maximum atomic E-state index is 12.9. The number of carboxylic acid groups (broad SMARTS) is 1. The van der Waals surface area contributed by atoms with Crippen molar-refractivity contribution < 1.29 is 23.1 Å². The van der Waals surface area contributed by atoms with Crippen molar-refractivity contribution in [3.8, 4) is 0 Å². The average Bonchev–Trinajstić information content (AvgIpc) is 3.33. The van der Waals surface area contributed by atoms with E-state index in [2.05, 4.69) is 35.9 Å². The number of aryl methyl sites for hydroxylation is 1. The van der Waals surface area contributed by atoms with Crippen LogP contribution in [0.1, 0.15) is 28.9 Å². The van der Waals surface area contributed by atoms with Gasteiger partial charge in [0.25, 0.3) is 5.91 Å². The first-order valence-electron chi connectivity index (χ1n) is 11.9. The van der Waals surface area contributed by atoms with Crippen LogP contribution in [-0.4, -0.2) is 73.8 Å². The maximum absolute atomic E-state index is 12.9. The predicted molar refractivity (Wildman–Crippen MR) is 138 cm³/mol. The van der Waals surface area contributed by atoms with Crippen LogP contribution in [-0.2, 0) is 21.2 Å². The number of hydrogen-bond acceptors (Lipinski definition) is 8. The van der Waals surface area contributed by atoms with Gasteiger partial charge in [0.05, 0.1) is 10.5 Å². The van der Waals surface area contributed by atoms with Gasteiger partial charge in [0.15, 0.2) is 6.29 Å². The number of para-hydroxylation sites is 1. The summed E-state index contributed by atoms with van der Waals surface area (Å²) in [5.74, 6) is -1.97. The smallest absolute Gasteiger partial charge is 0.323 e. The van der Waals surface area contributed by atoms with E-state index >= 15 is 0 Å². The van der Waals surface area contributed by atoms with Gasteiger partial charge in [0.1, 0.15) is 11.6 Å². The first kappa shape index (κ1) is 26.4. The number of fused-ring (bicyclic) bond motifs is 1. The second kappa shape index (κ2) is 12.1. The van der Waals surface area contributed by atoms with Crippen LogP contribution in [0.5, 0.6) is 0 Å². The third-order valence-corrected chi connectivity index (χ3v) is 7.32. The van der Waals surface area contributed by atoms with Crippen molar-refractivity contribution >= 4 is 39.0 Å². The minimum Gasteiger partial charge on any atom is -0.480 e. The molecule has 0 aliphatic carbocycles. The number of aliphatic imine (C=N–C) groups is 1. The SMILES string of the molecule is O=C(NCC(NS(=O)(=O)c1ccccc1)C(=O)O)c1cccc2c(CCCNC3N=CCCN3)[nH]nc12. The summed E-state index contributed by atoms with van der Waals surface area (Å²) in [5, 5.41) is 26.7. The van der Waals surface area contributed by atoms with E-state index < -0.39 is 34.5 Å². The van der Waals surface area contributed by atoms with Gasteiger partial charge in [0, 0.05) is 30.4 Å². The number of aliphatic carboxylic acids is 1. The van der Waals surface area contributed by atoms with Crippen LogP contribution in [0.4, 0.5) is 0 Å². The van der Waals surface area contributed by atoms with Gasteiger partial charge < -0.3 is 10.4 Å². The van der Waals surface area contributed by atoms with Crippen molar-refractivity contribution in [1.29, 1.82) is 0 Å². The summed E-state index contributed by atoms with van der Waals surface area (Å²) in [6.07, 6.45) is 4.28. The van der Waals surface area contributed by atoms with E-state index in [1.165, 1.54) is 24.3 Å². The topological polar surface area (TPSA) is 178 Å². The fourth-order valence-electron chi connectivity index (χ4n) is 3.94. The standard InChI is InChI=1S/C24H29N7O5S/c32-22(28-15-20(23(33)34)31-37(35,36)16-7-2-1-3-8-16)18-10-4-9-17-19(29-30-21(17)18)11-5-12-25-24-26-13-6-14-27-24/h1-4,7-10,13,20,24-25,27,31H,5-6,11-12,14-15H2,(H,28,32)(H,29,30)(H,33,34). The first-order valence-corrected chi connectivity index (χ1v) is 13.4. The van der Waals surface area contributed by atoms with E-state index in [9.17, 15) is 23.1 Å². The molecule has 1 aliphatic rings. The van der Waals surface area contributed by atoms with Crippen LogP contribution >= 0.6 is 0 Å². The molecule has 0 spiro atoms. The lowest BCUT2D eigenvalue weighted by atomic mass is 10.1. The van der Waals surface area contributed by atoms with Crippen molar-refractivity contribution in [2.45, 2.75) is 36.5 Å². The van der Waals surface area contributed by atoms with Crippen molar-refractivity contribution in [2.24, 2.45) is 4.99 Å². The van der Waals surface area contributed by atoms with Crippen molar-refractivity contribution in [2.75, 3.05) is 19.6 Å². The van der Waals surface area contributed by atoms with Crippen LogP contribution in [0.2, 0.25) is 0 Å². The number of carbonyl (C=O) groups excluding carboxylic acids is 1. The lowest BCUT2D eigenvalue weighted by Crippen LogP contribution is -2.48. The van der Waals surface area contributed by atoms with E-state index in [1.54, 1.807) is 18.2 Å². The number of carboxylic acids is 1. The zero-order chi connectivity index (χ0) is 26.3. The Morgan fingerprint density at radius 3 is 2.68 bits per heavy atom. The van der Waals surface area contributed by atoms with Gasteiger partial charge in [-0.2, -0.15) is 9.82 Å². The molecule has 0 radical (unpaired) electrons. The molecular weight excluding hydrogens is 498 g/mol. The van der Waals surface area contributed by atoms with Gasteiger partial charge in [-0.05, 0) is 44.0 Å². The molecule has 37 heavy (non-hydrogen) atoms. The van der Waals surface area contributed by atoms with Gasteiger partial charge in [0.2, 0.25) is 10.0 Å². The van der Waals surface area contributed by atoms with E-state index in [0.29, 0.717) is 11.9 Å². The lowest BCUT2D eigenvalue weighted by molar-refractivity contribution is -0.138. The second-order valence-corrected chi connectivity index (χ2v) is 10.2. The molecule has 2 unspecified atom stereocenters. The summed E-state index contributed by atoms with van der Waals surface area (Å²) in [7, 11) is -4.08. The molecule has 0 saturated heterocycles. The van der Waals surface area contributed by atoms with E-state index in [-0.39, 0.29) is 16.7 Å². The summed E-state index contributed by atoms with van der Waals surface area (Å²) in [6.45, 7) is 1.19. The Bertz CT molecular complexity index is 1370. The Hall–Kier alpha value is -3.65. The second-order valence-electron chi connectivity index (χ2n) is 8.47. The summed E-state index contributed by atoms with van der Waals surface area (Å²) in [4.78, 5) is 28.9. The zero-order valence-corrected chi connectivity index (χ0v) is 20.8. The molecule has 196 valence electrons. The molecule has 12 nitrogen and oxygen atoms in total. The number of rotatable bonds is 12. The minimum atomic E-state index is -4.08. The van der Waals surface area contributed by atoms with E-state index in [1.807, 2.05) is 12.3 Å². The molecule has 0 fully saturated rings. The van der Waals surface area contributed by atoms with Gasteiger partial charge in [-0.3, -0.25) is 30.3 Å². The Morgan fingerprint density at radius 1 is 1.14 bits per heavy atom. The lowest BCUT2D eigenvalue weighted by Gasteiger charge is -2.18. The number of H-pyrrole nitrogens is 1. The first-order chi connectivity index (χ1) is 17.8. The number of aromatic amines is 1. The van der Waals surface area contributed by atoms with Gasteiger partial charge in [-0.25, -0.2) is 8.42 Å². The molecule has 3 aromatic rings. The molecule has 2 heterocycles. The molecule has 0 bridgehead atoms. The fraction of sp³-hybridized carbons (Fsp3) is 0.333. The Balaban J connectivity index is 1.37. The zero-order valence-electron chi connectivity index (χ0n) is 20.0. The summed E-state index contributed by atoms with van der Waals surface area (Å²) in [5.41, 5.74) is 1.60. The van der Waals surface area contributed by atoms with Crippen LogP contribution in [0.15, 0.2) is 58.4 Å². The third kappa shape index (κ3) is 6.77. The number of aromatic nitrogens is 2. The number of nitrogens with one attached hydrogen (secondary N) is 5. The highest BCUT2D eigenvalue weighted by atomic mass is 32.2. The average molecular weight is 528 g/mol. The normalized spacial score (nSPS) is 16.5. The number of amides is 1. The van der Waals surface area contributed by atoms with Gasteiger partial charge >= 0.3 is 5.97 Å². The number of sulfonamides is 1. The summed E-state index contributed by atoms with van der Waals surface area (Å²) >= 11 is 0. The van der Waals surface area contributed by atoms with Crippen LogP contribution in [0.3, 0.4) is 0 Å². The monoisotopic (exact) mass is 527 g/mol. The van der Waals surface area contributed by atoms with Crippen molar-refractivity contribution in [3.05, 3.63) is 59.8 Å². The van der Waals surface area contributed by atoms with Gasteiger partial charge in [-0.1, -0.05) is 30.3 Å². The van der Waals surface area contributed by atoms with Gasteiger partial charge in [-0.15, -0.1) is 0 Å². The van der Waals surface area contributed by atoms with E-state index in [0.717, 1.165) is 37.0 Å². The molecule has 0 saturated carbocycles. The van der Waals surface area contributed by atoms with E-state index in [4.69, 9.17) is 0 Å². The molecule has 6 N–H and O–H groups in total. The molecule has 1 amide bonds. The molecule has 2 atom stereocenters. The number of carbonyl (C=O) groups is 2. The molecule has 4 rings (SSSR count). The van der Waals surface area contributed by atoms with Crippen LogP contribution < -0.4 is 20.7 Å². The Labute approximate surface area is 214 Å². The quantitative estimate of drug-likeness (QED) is 0.185. The third-order valence-electron chi connectivity index (χ3n) is 5.83. The molecule has 1 aliphatic heterocycles. The highest BCUT2D eigenvalue weighted by Crippen LogP contribution is 2.21. The molecule has 1 aromatic heterocycles. The number of nitrogens with zero attached hydrogens (tertiary/aromatic N) is 2. The van der Waals surface area contributed by atoms with Crippen molar-refractivity contribution in [3.63, 3.8) is 0 Å². The number of hydrogen-bond donors (Lipinski definition) is 6. The highest BCUT2D eigenvalue weighted by molar-refractivity contribution is 7.89. The largest absolute Gasteiger partial charge is 0.480 e.